The van der Waals surface area contributed by atoms with Crippen molar-refractivity contribution in [3.8, 4) is 5.69 Å². The van der Waals surface area contributed by atoms with Crippen LogP contribution in [-0.4, -0.2) is 44.5 Å². The number of Topliss-reactive ketones (excluding diaryl/α,β-unsaturated/α-hetero) is 1. The number of carbonyl (C=O) groups excluding carboxylic acids is 4. The smallest absolute Gasteiger partial charge is 0.318 e. The molecule has 1 fully saturated rings. The number of imide groups is 2. The van der Waals surface area contributed by atoms with Gasteiger partial charge in [-0.25, -0.2) is 14.6 Å². The number of aryl methyl sites for hydroxylation is 1. The summed E-state index contributed by atoms with van der Waals surface area (Å²) in [5, 5.41) is 0. The minimum Gasteiger partial charge on any atom is -0.318 e. The summed E-state index contributed by atoms with van der Waals surface area (Å²) in [5.74, 6) is -2.30. The van der Waals surface area contributed by atoms with Gasteiger partial charge in [0.15, 0.2) is 5.78 Å². The monoisotopic (exact) mass is 429 g/mol. The van der Waals surface area contributed by atoms with Gasteiger partial charge >= 0.3 is 17.8 Å². The third-order valence-corrected chi connectivity index (χ3v) is 5.80. The second kappa shape index (κ2) is 8.26. The van der Waals surface area contributed by atoms with Crippen LogP contribution in [0.4, 0.5) is 4.79 Å². The van der Waals surface area contributed by atoms with E-state index in [0.29, 0.717) is 11.3 Å². The quantitative estimate of drug-likeness (QED) is 0.339. The zero-order valence-corrected chi connectivity index (χ0v) is 18.1. The van der Waals surface area contributed by atoms with Crippen molar-refractivity contribution in [3.63, 3.8) is 0 Å². The zero-order chi connectivity index (χ0) is 23.0. The number of hydrogen-bond donors (Lipinski definition) is 0. The minimum atomic E-state index is -0.983. The van der Waals surface area contributed by atoms with E-state index in [1.165, 1.54) is 0 Å². The number of benzene rings is 2. The van der Waals surface area contributed by atoms with Crippen molar-refractivity contribution < 1.29 is 19.2 Å². The fourth-order valence-electron chi connectivity index (χ4n) is 4.13. The number of ketones is 1. The van der Waals surface area contributed by atoms with Crippen LogP contribution in [0.1, 0.15) is 40.3 Å². The molecule has 1 atom stereocenters. The first-order chi connectivity index (χ1) is 15.3. The average Bonchev–Trinajstić information content (AvgIpc) is 3.21. The topological polar surface area (TPSA) is 79.7 Å². The number of hydrogen-bond acceptors (Lipinski definition) is 4. The Morgan fingerprint density at radius 2 is 1.47 bits per heavy atom. The third-order valence-electron chi connectivity index (χ3n) is 5.80. The number of rotatable bonds is 6. The highest BCUT2D eigenvalue weighted by molar-refractivity contribution is 6.45. The molecule has 0 aliphatic carbocycles. The molecule has 0 radical (unpaired) electrons. The molecule has 32 heavy (non-hydrogen) atoms. The van der Waals surface area contributed by atoms with Crippen LogP contribution in [0.15, 0.2) is 66.7 Å². The molecule has 1 aliphatic heterocycles. The molecule has 7 nitrogen and oxygen atoms in total. The van der Waals surface area contributed by atoms with Crippen molar-refractivity contribution in [1.29, 1.82) is 0 Å². The molecule has 1 aromatic heterocycles. The fraction of sp³-hybridized carbons (Fsp3) is 0.200. The molecule has 1 aliphatic rings. The van der Waals surface area contributed by atoms with E-state index in [2.05, 4.69) is 0 Å². The number of amides is 4. The van der Waals surface area contributed by atoms with Crippen LogP contribution in [0.2, 0.25) is 0 Å². The molecular weight excluding hydrogens is 406 g/mol. The highest BCUT2D eigenvalue weighted by Gasteiger charge is 2.47. The Bertz CT molecular complexity index is 1210. The molecular formula is C25H23N3O4. The van der Waals surface area contributed by atoms with Crippen molar-refractivity contribution >= 4 is 23.6 Å². The standard InChI is InChI=1S/C25H23N3O4/c1-16-14-21(18(3)27(16)20-12-8-5-9-13-20)22(29)15-26-23(30)24(31)28(25(26)32)17(2)19-10-6-4-7-11-19/h4-14,17H,15H2,1-3H3. The molecule has 7 heteroatoms. The van der Waals surface area contributed by atoms with Crippen LogP contribution in [-0.2, 0) is 9.59 Å². The van der Waals surface area contributed by atoms with Gasteiger partial charge in [0, 0.05) is 22.6 Å². The first-order valence-electron chi connectivity index (χ1n) is 10.3. The Labute approximate surface area is 185 Å². The predicted molar refractivity (Wildman–Crippen MR) is 118 cm³/mol. The largest absolute Gasteiger partial charge is 0.335 e. The average molecular weight is 429 g/mol. The lowest BCUT2D eigenvalue weighted by Crippen LogP contribution is -2.38. The predicted octanol–water partition coefficient (Wildman–Crippen LogP) is 3.83. The van der Waals surface area contributed by atoms with Crippen molar-refractivity contribution in [2.45, 2.75) is 26.8 Å². The number of urea groups is 1. The molecule has 1 unspecified atom stereocenters. The zero-order valence-electron chi connectivity index (χ0n) is 18.1. The first kappa shape index (κ1) is 21.2. The normalized spacial score (nSPS) is 14.9. The maximum absolute atomic E-state index is 13.1. The summed E-state index contributed by atoms with van der Waals surface area (Å²) in [6.07, 6.45) is 0. The summed E-state index contributed by atoms with van der Waals surface area (Å²) < 4.78 is 1.94. The van der Waals surface area contributed by atoms with Gasteiger partial charge in [-0.15, -0.1) is 0 Å². The lowest BCUT2D eigenvalue weighted by molar-refractivity contribution is -0.143. The molecule has 1 saturated heterocycles. The van der Waals surface area contributed by atoms with Gasteiger partial charge in [-0.1, -0.05) is 48.5 Å². The van der Waals surface area contributed by atoms with E-state index < -0.39 is 36.2 Å². The molecule has 0 spiro atoms. The van der Waals surface area contributed by atoms with Crippen LogP contribution in [0.5, 0.6) is 0 Å². The molecule has 162 valence electrons. The second-order valence-electron chi connectivity index (χ2n) is 7.81. The maximum Gasteiger partial charge on any atom is 0.335 e. The first-order valence-corrected chi connectivity index (χ1v) is 10.3. The van der Waals surface area contributed by atoms with Crippen LogP contribution in [0.25, 0.3) is 5.69 Å². The Morgan fingerprint density at radius 3 is 2.09 bits per heavy atom. The summed E-state index contributed by atoms with van der Waals surface area (Å²) >= 11 is 0. The summed E-state index contributed by atoms with van der Waals surface area (Å²) in [6.45, 7) is 4.89. The number of para-hydroxylation sites is 1. The van der Waals surface area contributed by atoms with E-state index in [1.807, 2.05) is 54.8 Å². The molecule has 2 heterocycles. The van der Waals surface area contributed by atoms with E-state index >= 15 is 0 Å². The number of carbonyl (C=O) groups is 4. The van der Waals surface area contributed by atoms with E-state index in [4.69, 9.17) is 0 Å². The van der Waals surface area contributed by atoms with Gasteiger partial charge in [-0.05, 0) is 44.5 Å². The van der Waals surface area contributed by atoms with Crippen molar-refractivity contribution in [2.75, 3.05) is 6.54 Å². The van der Waals surface area contributed by atoms with Gasteiger partial charge in [-0.2, -0.15) is 0 Å². The second-order valence-corrected chi connectivity index (χ2v) is 7.81. The highest BCUT2D eigenvalue weighted by Crippen LogP contribution is 2.27. The number of aromatic nitrogens is 1. The van der Waals surface area contributed by atoms with Crippen LogP contribution < -0.4 is 0 Å². The lowest BCUT2D eigenvalue weighted by Gasteiger charge is -2.22. The molecule has 0 N–H and O–H groups in total. The molecule has 2 aromatic carbocycles. The van der Waals surface area contributed by atoms with E-state index in [0.717, 1.165) is 26.7 Å². The van der Waals surface area contributed by atoms with E-state index in [1.54, 1.807) is 37.3 Å². The maximum atomic E-state index is 13.1. The summed E-state index contributed by atoms with van der Waals surface area (Å²) in [7, 11) is 0. The van der Waals surface area contributed by atoms with Gasteiger partial charge in [0.25, 0.3) is 0 Å². The van der Waals surface area contributed by atoms with Gasteiger partial charge in [0.2, 0.25) is 0 Å². The molecule has 3 aromatic rings. The van der Waals surface area contributed by atoms with Gasteiger partial charge < -0.3 is 4.57 Å². The molecule has 0 bridgehead atoms. The SMILES string of the molecule is Cc1cc(C(=O)CN2C(=O)C(=O)N(C(C)c3ccccc3)C2=O)c(C)n1-c1ccccc1. The molecule has 4 rings (SSSR count). The Kier molecular flexibility index (Phi) is 5.48. The van der Waals surface area contributed by atoms with Crippen molar-refractivity contribution in [1.82, 2.24) is 14.4 Å². The van der Waals surface area contributed by atoms with E-state index in [9.17, 15) is 19.2 Å². The van der Waals surface area contributed by atoms with E-state index in [-0.39, 0.29) is 0 Å². The lowest BCUT2D eigenvalue weighted by atomic mass is 10.1. The summed E-state index contributed by atoms with van der Waals surface area (Å²) in [6, 6.07) is 18.9. The Balaban J connectivity index is 1.58. The highest BCUT2D eigenvalue weighted by atomic mass is 16.2. The van der Waals surface area contributed by atoms with Crippen LogP contribution in [0.3, 0.4) is 0 Å². The Hall–Kier alpha value is -4.00. The minimum absolute atomic E-state index is 0.399. The van der Waals surface area contributed by atoms with Crippen LogP contribution in [0, 0.1) is 13.8 Å². The Morgan fingerprint density at radius 1 is 0.875 bits per heavy atom. The number of nitrogens with zero attached hydrogens (tertiary/aromatic N) is 3. The molecule has 0 saturated carbocycles. The summed E-state index contributed by atoms with van der Waals surface area (Å²) in [5.41, 5.74) is 3.61. The fourth-order valence-corrected chi connectivity index (χ4v) is 4.13. The van der Waals surface area contributed by atoms with Crippen molar-refractivity contribution in [2.24, 2.45) is 0 Å². The summed E-state index contributed by atoms with van der Waals surface area (Å²) in [4.78, 5) is 52.8. The third kappa shape index (κ3) is 3.51. The van der Waals surface area contributed by atoms with Gasteiger partial charge in [-0.3, -0.25) is 14.4 Å². The van der Waals surface area contributed by atoms with Gasteiger partial charge in [0.05, 0.1) is 12.6 Å². The van der Waals surface area contributed by atoms with Crippen LogP contribution >= 0.6 is 0 Å². The van der Waals surface area contributed by atoms with Gasteiger partial charge in [0.1, 0.15) is 0 Å². The van der Waals surface area contributed by atoms with Crippen molar-refractivity contribution in [3.05, 3.63) is 89.2 Å². The molecule has 4 amide bonds.